The van der Waals surface area contributed by atoms with Crippen LogP contribution in [0.15, 0.2) is 88.8 Å². The number of nitrogens with zero attached hydrogens (tertiary/aromatic N) is 3. The number of Topliss-reactive ketones (excluding diaryl/α,β-unsaturated/α-hetero) is 1. The predicted octanol–water partition coefficient (Wildman–Crippen LogP) is 11.9. The number of aromatic amines is 1. The zero-order valence-corrected chi connectivity index (χ0v) is 42.9. The van der Waals surface area contributed by atoms with Gasteiger partial charge >= 0.3 is 5.97 Å². The lowest BCUT2D eigenvalue weighted by atomic mass is 9.59. The Labute approximate surface area is 407 Å². The van der Waals surface area contributed by atoms with Gasteiger partial charge in [-0.1, -0.05) is 133 Å². The lowest BCUT2D eigenvalue weighted by molar-refractivity contribution is -0.164. The number of carbonyl (C=O) groups is 4. The monoisotopic (exact) mass is 937 g/mol. The third kappa shape index (κ3) is 9.77. The van der Waals surface area contributed by atoms with Crippen molar-refractivity contribution >= 4 is 46.0 Å². The second-order valence-electron chi connectivity index (χ2n) is 24.4. The molecular weight excluding hydrogens is 865 g/mol. The molecule has 12 nitrogen and oxygen atoms in total. The van der Waals surface area contributed by atoms with Crippen molar-refractivity contribution in [3.05, 3.63) is 106 Å². The number of benzene rings is 2. The van der Waals surface area contributed by atoms with E-state index in [9.17, 15) is 14.7 Å². The molecule has 0 bridgehead atoms. The molecule has 2 heterocycles. The van der Waals surface area contributed by atoms with E-state index >= 15 is 9.59 Å². The SMILES string of the molecule is CC1CC(C(C)(C)C)C(OC(=O)C2=C(c3ccccc3)C(=C3C(=O)C(c4c(C(C)(C)C)nn5nc(-c6ccc(NC(=O)CC7CCCC7)cc6)[nH]c45)=C3O)C=C2NC(=O)C(C)(C)C)C(C(C)(C)C)C1. The number of nitrogens with one attached hydrogen (secondary N) is 3. The van der Waals surface area contributed by atoms with Crippen LogP contribution in [0.25, 0.3) is 28.2 Å². The van der Waals surface area contributed by atoms with Crippen LogP contribution < -0.4 is 10.6 Å². The first-order valence-corrected chi connectivity index (χ1v) is 24.9. The largest absolute Gasteiger partial charge is 0.506 e. The Hall–Kier alpha value is -6.04. The molecule has 4 aliphatic carbocycles. The van der Waals surface area contributed by atoms with E-state index in [0.29, 0.717) is 63.4 Å². The van der Waals surface area contributed by atoms with Crippen molar-refractivity contribution in [2.45, 2.75) is 146 Å². The number of fused-ring (bicyclic) bond motifs is 1. The third-order valence-electron chi connectivity index (χ3n) is 14.7. The number of allylic oxidation sites excluding steroid dienone is 5. The summed E-state index contributed by atoms with van der Waals surface area (Å²) in [5, 5.41) is 28.1. The van der Waals surface area contributed by atoms with Crippen LogP contribution in [0.4, 0.5) is 5.69 Å². The van der Waals surface area contributed by atoms with Crippen LogP contribution in [0, 0.1) is 39.9 Å². The molecule has 69 heavy (non-hydrogen) atoms. The van der Waals surface area contributed by atoms with E-state index in [4.69, 9.17) is 14.9 Å². The normalized spacial score (nSPS) is 22.9. The number of aliphatic hydroxyl groups is 1. The molecule has 2 saturated carbocycles. The fourth-order valence-corrected chi connectivity index (χ4v) is 10.8. The maximum atomic E-state index is 15.3. The number of amides is 2. The minimum Gasteiger partial charge on any atom is -0.506 e. The summed E-state index contributed by atoms with van der Waals surface area (Å²) in [6.45, 7) is 26.8. The number of hydrogen-bond acceptors (Lipinski definition) is 8. The lowest BCUT2D eigenvalue weighted by Gasteiger charge is -2.50. The zero-order chi connectivity index (χ0) is 50.1. The minimum atomic E-state index is -0.832. The number of ketones is 1. The van der Waals surface area contributed by atoms with Gasteiger partial charge in [-0.05, 0) is 84.3 Å². The van der Waals surface area contributed by atoms with Gasteiger partial charge in [0.1, 0.15) is 11.9 Å². The van der Waals surface area contributed by atoms with E-state index in [1.807, 2.05) is 75.4 Å². The maximum Gasteiger partial charge on any atom is 0.341 e. The van der Waals surface area contributed by atoms with Crippen LogP contribution in [0.5, 0.6) is 0 Å². The smallest absolute Gasteiger partial charge is 0.341 e. The van der Waals surface area contributed by atoms with Crippen LogP contribution >= 0.6 is 0 Å². The van der Waals surface area contributed by atoms with Gasteiger partial charge in [-0.15, -0.1) is 9.73 Å². The molecule has 2 unspecified atom stereocenters. The summed E-state index contributed by atoms with van der Waals surface area (Å²) >= 11 is 0. The molecule has 0 radical (unpaired) electrons. The summed E-state index contributed by atoms with van der Waals surface area (Å²) in [5.41, 5.74) is 2.83. The van der Waals surface area contributed by atoms with E-state index in [-0.39, 0.29) is 62.7 Å². The molecule has 0 spiro atoms. The highest BCUT2D eigenvalue weighted by Gasteiger charge is 2.50. The topological polar surface area (TPSA) is 168 Å². The van der Waals surface area contributed by atoms with Crippen LogP contribution in [-0.2, 0) is 29.3 Å². The van der Waals surface area contributed by atoms with Gasteiger partial charge in [0.15, 0.2) is 11.5 Å². The summed E-state index contributed by atoms with van der Waals surface area (Å²) in [5.74, 6) is -0.137. The summed E-state index contributed by atoms with van der Waals surface area (Å²) < 4.78 is 8.30. The molecule has 2 amide bonds. The Morgan fingerprint density at radius 1 is 0.783 bits per heavy atom. The highest BCUT2D eigenvalue weighted by Crippen LogP contribution is 2.52. The molecule has 4 aliphatic rings. The van der Waals surface area contributed by atoms with E-state index in [1.165, 1.54) is 17.5 Å². The number of aliphatic hydroxyl groups excluding tert-OH is 1. The number of esters is 1. The quantitative estimate of drug-likeness (QED) is 0.0950. The van der Waals surface area contributed by atoms with Crippen molar-refractivity contribution < 1.29 is 29.0 Å². The molecule has 8 rings (SSSR count). The Morgan fingerprint density at radius 2 is 1.39 bits per heavy atom. The first-order chi connectivity index (χ1) is 32.2. The highest BCUT2D eigenvalue weighted by molar-refractivity contribution is 6.41. The van der Waals surface area contributed by atoms with E-state index in [1.54, 1.807) is 26.8 Å². The van der Waals surface area contributed by atoms with Crippen LogP contribution in [0.2, 0.25) is 0 Å². The lowest BCUT2D eigenvalue weighted by Crippen LogP contribution is -2.49. The van der Waals surface area contributed by atoms with Crippen molar-refractivity contribution in [3.63, 3.8) is 0 Å². The summed E-state index contributed by atoms with van der Waals surface area (Å²) in [4.78, 5) is 60.4. The average Bonchev–Trinajstić information content (AvgIpc) is 4.06. The predicted molar refractivity (Wildman–Crippen MR) is 271 cm³/mol. The Balaban J connectivity index is 1.24. The molecular formula is C57H72N6O6. The molecule has 366 valence electrons. The molecule has 2 aromatic heterocycles. The van der Waals surface area contributed by atoms with Crippen molar-refractivity contribution in [2.75, 3.05) is 5.32 Å². The second kappa shape index (κ2) is 18.0. The van der Waals surface area contributed by atoms with Gasteiger partial charge in [0.05, 0.1) is 33.7 Å². The van der Waals surface area contributed by atoms with Crippen LogP contribution in [0.1, 0.15) is 152 Å². The van der Waals surface area contributed by atoms with Gasteiger partial charge in [0.25, 0.3) is 0 Å². The minimum absolute atomic E-state index is 0.0113. The van der Waals surface area contributed by atoms with Gasteiger partial charge in [-0.25, -0.2) is 4.79 Å². The molecule has 4 aromatic rings. The number of ether oxygens (including phenoxy) is 1. The van der Waals surface area contributed by atoms with Gasteiger partial charge in [-0.3, -0.25) is 14.4 Å². The first kappa shape index (κ1) is 49.4. The summed E-state index contributed by atoms with van der Waals surface area (Å²) in [7, 11) is 0. The Kier molecular flexibility index (Phi) is 12.9. The Bertz CT molecular complexity index is 2800. The number of carbonyl (C=O) groups excluding carboxylic acids is 4. The first-order valence-electron chi connectivity index (χ1n) is 24.9. The van der Waals surface area contributed by atoms with Gasteiger partial charge < -0.3 is 25.5 Å². The summed E-state index contributed by atoms with van der Waals surface area (Å²) in [6.07, 6.45) is 8.09. The van der Waals surface area contributed by atoms with E-state index in [2.05, 4.69) is 64.1 Å². The third-order valence-corrected chi connectivity index (χ3v) is 14.7. The average molecular weight is 937 g/mol. The number of rotatable bonds is 9. The van der Waals surface area contributed by atoms with Crippen molar-refractivity contribution in [1.82, 2.24) is 25.1 Å². The maximum absolute atomic E-state index is 15.3. The van der Waals surface area contributed by atoms with E-state index < -0.39 is 28.7 Å². The van der Waals surface area contributed by atoms with Crippen LogP contribution in [-0.4, -0.2) is 54.6 Å². The van der Waals surface area contributed by atoms with Gasteiger partial charge in [-0.2, -0.15) is 5.10 Å². The van der Waals surface area contributed by atoms with Crippen molar-refractivity contribution in [3.8, 4) is 11.4 Å². The van der Waals surface area contributed by atoms with Gasteiger partial charge in [0, 0.05) is 51.5 Å². The highest BCUT2D eigenvalue weighted by atomic mass is 16.5. The fourth-order valence-electron chi connectivity index (χ4n) is 10.8. The standard InChI is InChI=1S/C57H72N6O6/c1-31-27-37(54(2,3)4)48(38(28-31)55(5,6)7)69-52(67)43-39(59-53(68)57(11,12)13)30-36(41(43)33-21-15-14-16-22-33)42-46(65)44(47(42)66)45-49(56(8,9)10)61-63-51(45)60-50(62-63)34-23-25-35(26-24-34)58-40(64)29-32-19-17-18-20-32/h14-16,21-26,30-32,37-38,48,65H,17-20,27-29H2,1-13H3,(H,58,64)(H,59,68)(H,60,62). The summed E-state index contributed by atoms with van der Waals surface area (Å²) in [6, 6.07) is 16.7. The number of anilines is 1. The van der Waals surface area contributed by atoms with E-state index in [0.717, 1.165) is 31.2 Å². The Morgan fingerprint density at radius 3 is 1.94 bits per heavy atom. The number of hydrogen-bond donors (Lipinski definition) is 4. The molecule has 4 N–H and O–H groups in total. The zero-order valence-electron chi connectivity index (χ0n) is 42.9. The molecule has 2 atom stereocenters. The number of aromatic nitrogens is 4. The van der Waals surface area contributed by atoms with Crippen molar-refractivity contribution in [1.29, 1.82) is 0 Å². The van der Waals surface area contributed by atoms with Crippen LogP contribution in [0.3, 0.4) is 0 Å². The molecule has 0 saturated heterocycles. The molecule has 2 fully saturated rings. The van der Waals surface area contributed by atoms with Crippen molar-refractivity contribution in [2.24, 2.45) is 39.9 Å². The number of H-pyrrole nitrogens is 1. The molecule has 12 heteroatoms. The molecule has 2 aromatic carbocycles. The second-order valence-corrected chi connectivity index (χ2v) is 24.4. The van der Waals surface area contributed by atoms with Gasteiger partial charge in [0.2, 0.25) is 17.6 Å². The fraction of sp³-hybridized carbons (Fsp3) is 0.509. The molecule has 0 aliphatic heterocycles.